The lowest BCUT2D eigenvalue weighted by atomic mass is 10.2. The first-order valence-electron chi connectivity index (χ1n) is 5.56. The van der Waals surface area contributed by atoms with Crippen LogP contribution in [0.3, 0.4) is 0 Å². The molecule has 1 rings (SSSR count). The molecule has 104 valence electrons. The number of anilines is 1. The number of carbonyl (C=O) groups excluding carboxylic acids is 1. The molecule has 7 nitrogen and oxygen atoms in total. The molecule has 0 spiro atoms. The minimum Gasteiger partial charge on any atom is -0.481 e. The van der Waals surface area contributed by atoms with E-state index < -0.39 is 5.97 Å². The fourth-order valence-electron chi connectivity index (χ4n) is 1.37. The lowest BCUT2D eigenvalue weighted by Gasteiger charge is -2.11. The predicted molar refractivity (Wildman–Crippen MR) is 68.2 cm³/mol. The Kier molecular flexibility index (Phi) is 5.62. The van der Waals surface area contributed by atoms with Crippen molar-refractivity contribution in [2.75, 3.05) is 32.6 Å². The molecule has 0 aliphatic heterocycles. The van der Waals surface area contributed by atoms with Crippen LogP contribution in [-0.4, -0.2) is 43.9 Å². The molecule has 0 heterocycles. The van der Waals surface area contributed by atoms with Crippen LogP contribution in [0.5, 0.6) is 5.75 Å². The third kappa shape index (κ3) is 4.47. The van der Waals surface area contributed by atoms with E-state index >= 15 is 0 Å². The lowest BCUT2D eigenvalue weighted by Crippen LogP contribution is -2.31. The first kappa shape index (κ1) is 14.8. The van der Waals surface area contributed by atoms with Crippen molar-refractivity contribution < 1.29 is 24.2 Å². The highest BCUT2D eigenvalue weighted by Gasteiger charge is 2.15. The van der Waals surface area contributed by atoms with Crippen LogP contribution < -0.4 is 15.8 Å². The standard InChI is InChI=1S/C12H16N2O5/c1-18-6-5-14-10(15)7-19-11-8(12(16)17)3-2-4-9(11)13/h2-4H,5-7,13H2,1H3,(H,14,15)(H,16,17). The summed E-state index contributed by atoms with van der Waals surface area (Å²) in [5.41, 5.74) is 5.72. The van der Waals surface area contributed by atoms with Crippen LogP contribution in [0.25, 0.3) is 0 Å². The average Bonchev–Trinajstić information content (AvgIpc) is 2.37. The molecule has 0 saturated carbocycles. The monoisotopic (exact) mass is 268 g/mol. The minimum atomic E-state index is -1.16. The van der Waals surface area contributed by atoms with Gasteiger partial charge in [-0.05, 0) is 12.1 Å². The number of amides is 1. The SMILES string of the molecule is COCCNC(=O)COc1c(N)cccc1C(=O)O. The largest absolute Gasteiger partial charge is 0.481 e. The summed E-state index contributed by atoms with van der Waals surface area (Å²) in [4.78, 5) is 22.4. The predicted octanol–water partition coefficient (Wildman–Crippen LogP) is 0.108. The van der Waals surface area contributed by atoms with Gasteiger partial charge >= 0.3 is 5.97 Å². The maximum atomic E-state index is 11.4. The van der Waals surface area contributed by atoms with Gasteiger partial charge in [-0.1, -0.05) is 6.07 Å². The summed E-state index contributed by atoms with van der Waals surface area (Å²) in [5, 5.41) is 11.5. The molecule has 0 atom stereocenters. The van der Waals surface area contributed by atoms with Crippen molar-refractivity contribution in [3.8, 4) is 5.75 Å². The number of rotatable bonds is 7. The maximum absolute atomic E-state index is 11.4. The van der Waals surface area contributed by atoms with Gasteiger partial charge in [0.2, 0.25) is 0 Å². The highest BCUT2D eigenvalue weighted by Crippen LogP contribution is 2.26. The van der Waals surface area contributed by atoms with E-state index in [1.54, 1.807) is 0 Å². The molecule has 0 aliphatic rings. The number of para-hydroxylation sites is 1. The minimum absolute atomic E-state index is 0.00288. The van der Waals surface area contributed by atoms with E-state index in [9.17, 15) is 9.59 Å². The molecule has 7 heteroatoms. The molecule has 0 fully saturated rings. The number of ether oxygens (including phenoxy) is 2. The Morgan fingerprint density at radius 3 is 2.79 bits per heavy atom. The lowest BCUT2D eigenvalue weighted by molar-refractivity contribution is -0.123. The number of hydrogen-bond donors (Lipinski definition) is 3. The number of benzene rings is 1. The molecule has 19 heavy (non-hydrogen) atoms. The number of methoxy groups -OCH3 is 1. The van der Waals surface area contributed by atoms with Crippen molar-refractivity contribution in [3.05, 3.63) is 23.8 Å². The van der Waals surface area contributed by atoms with Crippen molar-refractivity contribution in [2.45, 2.75) is 0 Å². The summed E-state index contributed by atoms with van der Waals surface area (Å²) in [7, 11) is 1.52. The first-order valence-corrected chi connectivity index (χ1v) is 5.56. The van der Waals surface area contributed by atoms with Crippen LogP contribution in [0.1, 0.15) is 10.4 Å². The van der Waals surface area contributed by atoms with Gasteiger partial charge in [-0.3, -0.25) is 4.79 Å². The number of carboxylic acids is 1. The van der Waals surface area contributed by atoms with E-state index in [-0.39, 0.29) is 29.5 Å². The zero-order chi connectivity index (χ0) is 14.3. The van der Waals surface area contributed by atoms with Gasteiger partial charge in [-0.25, -0.2) is 4.79 Å². The Bertz CT molecular complexity index is 461. The second kappa shape index (κ2) is 7.22. The van der Waals surface area contributed by atoms with Crippen LogP contribution in [-0.2, 0) is 9.53 Å². The third-order valence-corrected chi connectivity index (χ3v) is 2.25. The molecule has 0 unspecified atom stereocenters. The molecule has 1 amide bonds. The van der Waals surface area contributed by atoms with E-state index in [4.69, 9.17) is 20.3 Å². The number of aromatic carboxylic acids is 1. The van der Waals surface area contributed by atoms with Crippen LogP contribution in [0.2, 0.25) is 0 Å². The zero-order valence-electron chi connectivity index (χ0n) is 10.5. The molecule has 0 bridgehead atoms. The smallest absolute Gasteiger partial charge is 0.339 e. The normalized spacial score (nSPS) is 9.95. The summed E-state index contributed by atoms with van der Waals surface area (Å²) in [5.74, 6) is -1.55. The maximum Gasteiger partial charge on any atom is 0.339 e. The molecule has 1 aromatic rings. The Hall–Kier alpha value is -2.28. The number of carbonyl (C=O) groups is 2. The van der Waals surface area contributed by atoms with Gasteiger partial charge < -0.3 is 25.6 Å². The molecular weight excluding hydrogens is 252 g/mol. The summed E-state index contributed by atoms with van der Waals surface area (Å²) in [6, 6.07) is 4.37. The van der Waals surface area contributed by atoms with E-state index in [1.807, 2.05) is 0 Å². The number of nitrogens with one attached hydrogen (secondary N) is 1. The van der Waals surface area contributed by atoms with Crippen molar-refractivity contribution in [3.63, 3.8) is 0 Å². The Labute approximate surface area is 110 Å². The van der Waals surface area contributed by atoms with E-state index in [0.717, 1.165) is 0 Å². The van der Waals surface area contributed by atoms with Crippen LogP contribution in [0.15, 0.2) is 18.2 Å². The Balaban J connectivity index is 2.62. The summed E-state index contributed by atoms with van der Waals surface area (Å²) in [6.07, 6.45) is 0. The van der Waals surface area contributed by atoms with E-state index in [0.29, 0.717) is 13.2 Å². The summed E-state index contributed by atoms with van der Waals surface area (Å²) >= 11 is 0. The highest BCUT2D eigenvalue weighted by atomic mass is 16.5. The molecule has 1 aromatic carbocycles. The fraction of sp³-hybridized carbons (Fsp3) is 0.333. The van der Waals surface area contributed by atoms with E-state index in [1.165, 1.54) is 25.3 Å². The molecule has 0 saturated heterocycles. The quantitative estimate of drug-likeness (QED) is 0.478. The first-order chi connectivity index (χ1) is 9.06. The number of hydrogen-bond acceptors (Lipinski definition) is 5. The molecule has 0 radical (unpaired) electrons. The van der Waals surface area contributed by atoms with Crippen LogP contribution in [0, 0.1) is 0 Å². The molecule has 0 aliphatic carbocycles. The van der Waals surface area contributed by atoms with Gasteiger partial charge in [0, 0.05) is 13.7 Å². The second-order valence-corrected chi connectivity index (χ2v) is 3.66. The van der Waals surface area contributed by atoms with Crippen molar-refractivity contribution >= 4 is 17.6 Å². The Morgan fingerprint density at radius 1 is 1.42 bits per heavy atom. The van der Waals surface area contributed by atoms with Crippen LogP contribution >= 0.6 is 0 Å². The van der Waals surface area contributed by atoms with Gasteiger partial charge in [-0.2, -0.15) is 0 Å². The van der Waals surface area contributed by atoms with Gasteiger partial charge in [0.15, 0.2) is 12.4 Å². The van der Waals surface area contributed by atoms with Crippen molar-refractivity contribution in [2.24, 2.45) is 0 Å². The molecule has 4 N–H and O–H groups in total. The highest BCUT2D eigenvalue weighted by molar-refractivity contribution is 5.93. The average molecular weight is 268 g/mol. The second-order valence-electron chi connectivity index (χ2n) is 3.66. The number of carboxylic acid groups (broad SMARTS) is 1. The fourth-order valence-corrected chi connectivity index (χ4v) is 1.37. The van der Waals surface area contributed by atoms with Gasteiger partial charge in [-0.15, -0.1) is 0 Å². The third-order valence-electron chi connectivity index (χ3n) is 2.25. The topological polar surface area (TPSA) is 111 Å². The molecule has 0 aromatic heterocycles. The van der Waals surface area contributed by atoms with E-state index in [2.05, 4.69) is 5.32 Å². The number of nitrogen functional groups attached to an aromatic ring is 1. The summed E-state index contributed by atoms with van der Waals surface area (Å²) in [6.45, 7) is 0.437. The Morgan fingerprint density at radius 2 is 2.16 bits per heavy atom. The van der Waals surface area contributed by atoms with Crippen LogP contribution in [0.4, 0.5) is 5.69 Å². The number of nitrogens with two attached hydrogens (primary N) is 1. The van der Waals surface area contributed by atoms with Gasteiger partial charge in [0.1, 0.15) is 5.56 Å². The van der Waals surface area contributed by atoms with Gasteiger partial charge in [0.25, 0.3) is 5.91 Å². The zero-order valence-corrected chi connectivity index (χ0v) is 10.5. The van der Waals surface area contributed by atoms with Crippen molar-refractivity contribution in [1.82, 2.24) is 5.32 Å². The molecular formula is C12H16N2O5. The summed E-state index contributed by atoms with van der Waals surface area (Å²) < 4.78 is 9.93. The van der Waals surface area contributed by atoms with Gasteiger partial charge in [0.05, 0.1) is 12.3 Å². The van der Waals surface area contributed by atoms with Crippen molar-refractivity contribution in [1.29, 1.82) is 0 Å².